The number of hydrogen-bond acceptors (Lipinski definition) is 12. The summed E-state index contributed by atoms with van der Waals surface area (Å²) >= 11 is 0. The minimum atomic E-state index is -3.54. The van der Waals surface area contributed by atoms with Gasteiger partial charge >= 0.3 is 43.5 Å². The van der Waals surface area contributed by atoms with Crippen LogP contribution in [0.5, 0.6) is 0 Å². The summed E-state index contributed by atoms with van der Waals surface area (Å²) in [7, 11) is 3.65. The van der Waals surface area contributed by atoms with Crippen molar-refractivity contribution in [3.05, 3.63) is 31.5 Å². The normalized spacial score (nSPS) is 13.7. The van der Waals surface area contributed by atoms with Crippen molar-refractivity contribution in [2.75, 3.05) is 64.0 Å². The van der Waals surface area contributed by atoms with Gasteiger partial charge in [0, 0.05) is 89.2 Å². The second-order valence-corrected chi connectivity index (χ2v) is 17.7. The van der Waals surface area contributed by atoms with E-state index in [9.17, 15) is 14.4 Å². The topological polar surface area (TPSA) is 149 Å². The van der Waals surface area contributed by atoms with Gasteiger partial charge in [0.2, 0.25) is 0 Å². The summed E-state index contributed by atoms with van der Waals surface area (Å²) in [5.74, 6) is 0. The van der Waals surface area contributed by atoms with Gasteiger partial charge in [-0.1, -0.05) is 6.92 Å². The lowest BCUT2D eigenvalue weighted by atomic mass is 10.4. The Hall–Kier alpha value is -1.30. The van der Waals surface area contributed by atoms with Gasteiger partial charge in [-0.3, -0.25) is 0 Å². The maximum Gasteiger partial charge on any atom is 0.524 e. The maximum absolute atomic E-state index is 13.7. The fourth-order valence-electron chi connectivity index (χ4n) is 4.57. The average Bonchev–Trinajstić information content (AvgIpc) is 2.97. The molecule has 1 heterocycles. The minimum absolute atomic E-state index is 0.00634. The van der Waals surface area contributed by atoms with Gasteiger partial charge in [0.15, 0.2) is 0 Å². The molecule has 15 nitrogen and oxygen atoms in total. The molecule has 0 aromatic carbocycles. The molecule has 1 aromatic heterocycles. The minimum Gasteiger partial charge on any atom is -0.377 e. The summed E-state index contributed by atoms with van der Waals surface area (Å²) < 4.78 is 52.6. The molecular formula is C21H45N3O12Si3. The highest BCUT2D eigenvalue weighted by Crippen LogP contribution is 2.24. The highest BCUT2D eigenvalue weighted by Gasteiger charge is 2.49. The summed E-state index contributed by atoms with van der Waals surface area (Å²) in [6.45, 7) is 1.77. The van der Waals surface area contributed by atoms with Crippen molar-refractivity contribution in [2.24, 2.45) is 0 Å². The fourth-order valence-corrected chi connectivity index (χ4v) is 10.3. The van der Waals surface area contributed by atoms with E-state index < -0.39 is 49.1 Å². The Labute approximate surface area is 232 Å². The van der Waals surface area contributed by atoms with Gasteiger partial charge < -0.3 is 39.8 Å². The molecule has 0 aliphatic heterocycles. The van der Waals surface area contributed by atoms with Crippen LogP contribution in [0.2, 0.25) is 12.1 Å². The average molecular weight is 616 g/mol. The van der Waals surface area contributed by atoms with E-state index >= 15 is 0 Å². The van der Waals surface area contributed by atoms with Crippen LogP contribution >= 0.6 is 0 Å². The number of aromatic nitrogens is 3. The van der Waals surface area contributed by atoms with E-state index in [2.05, 4.69) is 0 Å². The zero-order valence-electron chi connectivity index (χ0n) is 24.8. The molecule has 0 aliphatic rings. The molecule has 0 N–H and O–H groups in total. The third-order valence-corrected chi connectivity index (χ3v) is 15.7. The lowest BCUT2D eigenvalue weighted by Gasteiger charge is -2.32. The number of nitrogens with zero attached hydrogens (tertiary/aromatic N) is 3. The Bertz CT molecular complexity index is 962. The van der Waals surface area contributed by atoms with Gasteiger partial charge in [-0.25, -0.2) is 28.1 Å². The first-order chi connectivity index (χ1) is 18.5. The predicted molar refractivity (Wildman–Crippen MR) is 148 cm³/mol. The molecule has 0 fully saturated rings. The van der Waals surface area contributed by atoms with Gasteiger partial charge in [-0.15, -0.1) is 0 Å². The molecule has 0 saturated carbocycles. The molecule has 0 radical (unpaired) electrons. The number of hydrogen-bond donors (Lipinski definition) is 0. The summed E-state index contributed by atoms with van der Waals surface area (Å²) in [4.78, 5) is 41.0. The molecule has 1 aromatic rings. The molecule has 1 rings (SSSR count). The van der Waals surface area contributed by atoms with Crippen molar-refractivity contribution in [3.8, 4) is 0 Å². The molecular weight excluding hydrogens is 570 g/mol. The van der Waals surface area contributed by atoms with Crippen LogP contribution in [0, 0.1) is 0 Å². The van der Waals surface area contributed by atoms with Gasteiger partial charge in [0.05, 0.1) is 0 Å². The van der Waals surface area contributed by atoms with Crippen molar-refractivity contribution in [3.63, 3.8) is 0 Å². The molecule has 1 atom stereocenters. The summed E-state index contributed by atoms with van der Waals surface area (Å²) in [6, 6.07) is 0.685. The van der Waals surface area contributed by atoms with E-state index in [4.69, 9.17) is 39.8 Å². The smallest absolute Gasteiger partial charge is 0.377 e. The van der Waals surface area contributed by atoms with Gasteiger partial charge in [-0.2, -0.15) is 0 Å². The maximum atomic E-state index is 13.7. The first-order valence-electron chi connectivity index (χ1n) is 12.5. The van der Waals surface area contributed by atoms with E-state index in [1.54, 1.807) is 6.92 Å². The molecule has 0 saturated heterocycles. The molecule has 0 spiro atoms. The third kappa shape index (κ3) is 7.71. The largest absolute Gasteiger partial charge is 0.524 e. The second-order valence-electron chi connectivity index (χ2n) is 8.46. The first kappa shape index (κ1) is 35.7. The summed E-state index contributed by atoms with van der Waals surface area (Å²) in [6.07, 6.45) is 0.913. The summed E-state index contributed by atoms with van der Waals surface area (Å²) in [5.41, 5.74) is -3.20. The first-order valence-corrected chi connectivity index (χ1v) is 18.1. The van der Waals surface area contributed by atoms with Crippen LogP contribution in [0.3, 0.4) is 0 Å². The van der Waals surface area contributed by atoms with Crippen molar-refractivity contribution < 1.29 is 39.8 Å². The van der Waals surface area contributed by atoms with E-state index in [-0.39, 0.29) is 19.5 Å². The van der Waals surface area contributed by atoms with Gasteiger partial charge in [-0.05, 0) is 19.3 Å². The predicted octanol–water partition coefficient (Wildman–Crippen LogP) is 0.0765. The lowest BCUT2D eigenvalue weighted by molar-refractivity contribution is 0.0978. The monoisotopic (exact) mass is 615 g/mol. The van der Waals surface area contributed by atoms with Crippen molar-refractivity contribution in [1.82, 2.24) is 13.7 Å². The van der Waals surface area contributed by atoms with Crippen LogP contribution in [0.4, 0.5) is 0 Å². The van der Waals surface area contributed by atoms with E-state index in [1.165, 1.54) is 64.0 Å². The van der Waals surface area contributed by atoms with E-state index in [1.807, 2.05) is 0 Å². The molecule has 228 valence electrons. The Kier molecular flexibility index (Phi) is 14.9. The zero-order chi connectivity index (χ0) is 29.9. The molecule has 0 amide bonds. The second kappa shape index (κ2) is 16.2. The summed E-state index contributed by atoms with van der Waals surface area (Å²) in [5, 5.41) is 0. The van der Waals surface area contributed by atoms with Crippen LogP contribution in [0.25, 0.3) is 0 Å². The van der Waals surface area contributed by atoms with Crippen LogP contribution in [-0.2, 0) is 52.9 Å². The lowest BCUT2D eigenvalue weighted by Crippen LogP contribution is -2.62. The standard InChI is InChI=1S/C21H45N3O12Si3/c1-11-18(39(34-8,35-9)36-10)24-20(26)22(14-12-16-37(28-2,29-3)30-4)19(25)23(21(24)27)15-13-17-38(31-5,32-6)33-7/h18H,11-17H2,1-10H3. The number of rotatable bonds is 20. The van der Waals surface area contributed by atoms with E-state index in [0.717, 1.165) is 13.7 Å². The molecule has 0 bridgehead atoms. The molecule has 0 aliphatic carbocycles. The van der Waals surface area contributed by atoms with Gasteiger partial charge in [0.25, 0.3) is 0 Å². The zero-order valence-corrected chi connectivity index (χ0v) is 27.8. The van der Waals surface area contributed by atoms with Crippen molar-refractivity contribution >= 4 is 26.4 Å². The van der Waals surface area contributed by atoms with Crippen molar-refractivity contribution in [2.45, 2.75) is 57.0 Å². The quantitative estimate of drug-likeness (QED) is 0.183. The van der Waals surface area contributed by atoms with Crippen LogP contribution in [0.1, 0.15) is 31.9 Å². The highest BCUT2D eigenvalue weighted by atomic mass is 28.4. The SMILES string of the molecule is CCC(n1c(=O)n(CCC[Si](OC)(OC)OC)c(=O)n(CCC[Si](OC)(OC)OC)c1=O)[Si](OC)(OC)OC. The highest BCUT2D eigenvalue weighted by molar-refractivity contribution is 6.61. The Morgan fingerprint density at radius 2 is 0.897 bits per heavy atom. The van der Waals surface area contributed by atoms with Crippen LogP contribution in [-0.4, -0.2) is 104 Å². The molecule has 18 heteroatoms. The Balaban J connectivity index is 3.70. The van der Waals surface area contributed by atoms with Crippen molar-refractivity contribution in [1.29, 1.82) is 0 Å². The third-order valence-electron chi connectivity index (χ3n) is 6.89. The molecule has 39 heavy (non-hydrogen) atoms. The Morgan fingerprint density at radius 1 is 0.564 bits per heavy atom. The van der Waals surface area contributed by atoms with E-state index in [0.29, 0.717) is 24.9 Å². The van der Waals surface area contributed by atoms with Crippen LogP contribution < -0.4 is 17.1 Å². The molecule has 1 unspecified atom stereocenters. The fraction of sp³-hybridized carbons (Fsp3) is 0.857. The van der Waals surface area contributed by atoms with Crippen LogP contribution in [0.15, 0.2) is 14.4 Å². The Morgan fingerprint density at radius 3 is 1.15 bits per heavy atom. The van der Waals surface area contributed by atoms with Gasteiger partial charge in [0.1, 0.15) is 5.67 Å².